The molecule has 2 saturated heterocycles. The molecule has 0 radical (unpaired) electrons. The van der Waals surface area contributed by atoms with Gasteiger partial charge in [-0.1, -0.05) is 43.3 Å². The van der Waals surface area contributed by atoms with Gasteiger partial charge in [0.2, 0.25) is 11.8 Å². The van der Waals surface area contributed by atoms with E-state index in [1.165, 1.54) is 13.8 Å². The van der Waals surface area contributed by atoms with Gasteiger partial charge in [0.15, 0.2) is 5.60 Å². The average Bonchev–Trinajstić information content (AvgIpc) is 3.34. The molecule has 2 aromatic carbocycles. The average molecular weight is 564 g/mol. The van der Waals surface area contributed by atoms with Crippen molar-refractivity contribution in [3.8, 4) is 0 Å². The summed E-state index contributed by atoms with van der Waals surface area (Å²) in [6.45, 7) is 9.55. The maximum Gasteiger partial charge on any atom is 0.264 e. The quantitative estimate of drug-likeness (QED) is 0.349. The van der Waals surface area contributed by atoms with Crippen LogP contribution in [0.1, 0.15) is 44.7 Å². The lowest BCUT2D eigenvalue weighted by Crippen LogP contribution is -2.46. The van der Waals surface area contributed by atoms with Crippen LogP contribution in [0.3, 0.4) is 0 Å². The number of halogens is 1. The van der Waals surface area contributed by atoms with E-state index in [4.69, 9.17) is 4.74 Å². The second-order valence-electron chi connectivity index (χ2n) is 11.7. The highest BCUT2D eigenvalue weighted by atomic mass is 19.1. The molecule has 1 N–H and O–H groups in total. The Hall–Kier alpha value is -3.56. The first-order valence-electron chi connectivity index (χ1n) is 14.2. The normalized spacial score (nSPS) is 25.4. The highest BCUT2D eigenvalue weighted by Crippen LogP contribution is 2.59. The van der Waals surface area contributed by atoms with Gasteiger partial charge in [0.05, 0.1) is 24.8 Å². The Morgan fingerprint density at radius 2 is 1.98 bits per heavy atom. The van der Waals surface area contributed by atoms with Crippen molar-refractivity contribution in [2.75, 3.05) is 36.0 Å². The third-order valence-corrected chi connectivity index (χ3v) is 8.73. The molecule has 218 valence electrons. The number of carbonyl (C=O) groups is 3. The van der Waals surface area contributed by atoms with Crippen LogP contribution in [0.5, 0.6) is 0 Å². The smallest absolute Gasteiger partial charge is 0.264 e. The molecule has 0 aliphatic carbocycles. The molecule has 0 saturated carbocycles. The summed E-state index contributed by atoms with van der Waals surface area (Å²) in [6.07, 6.45) is 1.04. The van der Waals surface area contributed by atoms with Crippen LogP contribution in [0.15, 0.2) is 61.2 Å². The number of β-lactam (4-membered cyclic amide) rings is 1. The molecule has 41 heavy (non-hydrogen) atoms. The predicted octanol–water partition coefficient (Wildman–Crippen LogP) is 3.96. The van der Waals surface area contributed by atoms with E-state index < -0.39 is 29.2 Å². The molecule has 3 aliphatic heterocycles. The van der Waals surface area contributed by atoms with Crippen LogP contribution in [-0.4, -0.2) is 65.7 Å². The van der Waals surface area contributed by atoms with Crippen molar-refractivity contribution in [2.45, 2.75) is 57.5 Å². The molecule has 9 heteroatoms. The van der Waals surface area contributed by atoms with Gasteiger partial charge < -0.3 is 24.5 Å². The molecule has 0 aromatic heterocycles. The summed E-state index contributed by atoms with van der Waals surface area (Å²) in [5, 5.41) is 9.68. The van der Waals surface area contributed by atoms with Crippen LogP contribution in [0.2, 0.25) is 0 Å². The van der Waals surface area contributed by atoms with Crippen LogP contribution in [-0.2, 0) is 31.3 Å². The van der Waals surface area contributed by atoms with Crippen LogP contribution in [0.25, 0.3) is 0 Å². The van der Waals surface area contributed by atoms with Crippen molar-refractivity contribution < 1.29 is 28.6 Å². The molecular weight excluding hydrogens is 525 g/mol. The van der Waals surface area contributed by atoms with Crippen molar-refractivity contribution in [3.63, 3.8) is 0 Å². The van der Waals surface area contributed by atoms with Crippen molar-refractivity contribution >= 4 is 29.1 Å². The van der Waals surface area contributed by atoms with Gasteiger partial charge in [-0.15, -0.1) is 6.58 Å². The van der Waals surface area contributed by atoms with E-state index in [-0.39, 0.29) is 43.8 Å². The molecule has 1 spiro atoms. The third kappa shape index (κ3) is 4.95. The fourth-order valence-corrected chi connectivity index (χ4v) is 6.82. The van der Waals surface area contributed by atoms with Gasteiger partial charge in [0, 0.05) is 55.7 Å². The Morgan fingerprint density at radius 3 is 2.56 bits per heavy atom. The number of hydrogen-bond donors (Lipinski definition) is 1. The van der Waals surface area contributed by atoms with Gasteiger partial charge in [-0.05, 0) is 37.6 Å². The van der Waals surface area contributed by atoms with E-state index in [1.807, 2.05) is 49.4 Å². The number of alkyl halides is 1. The summed E-state index contributed by atoms with van der Waals surface area (Å²) in [7, 11) is 0. The Bertz CT molecular complexity index is 1340. The summed E-state index contributed by atoms with van der Waals surface area (Å²) in [5.74, 6) is -2.02. The molecule has 4 atom stereocenters. The first kappa shape index (κ1) is 29.0. The van der Waals surface area contributed by atoms with Gasteiger partial charge in [-0.25, -0.2) is 4.39 Å². The van der Waals surface area contributed by atoms with E-state index in [9.17, 15) is 19.5 Å². The monoisotopic (exact) mass is 563 g/mol. The van der Waals surface area contributed by atoms with Crippen molar-refractivity contribution in [1.29, 1.82) is 0 Å². The number of nitrogens with zero attached hydrogens (tertiary/aromatic N) is 3. The number of benzene rings is 2. The molecule has 8 nitrogen and oxygen atoms in total. The zero-order chi connectivity index (χ0) is 29.5. The molecular formula is C32H38FN3O5. The van der Waals surface area contributed by atoms with Crippen molar-refractivity contribution in [2.24, 2.45) is 11.8 Å². The Labute approximate surface area is 240 Å². The minimum Gasteiger partial charge on any atom is -0.395 e. The zero-order valence-corrected chi connectivity index (χ0v) is 23.9. The molecule has 5 rings (SSSR count). The molecule has 0 unspecified atom stereocenters. The number of ether oxygens (including phenoxy) is 1. The summed E-state index contributed by atoms with van der Waals surface area (Å²) in [4.78, 5) is 44.9. The molecule has 2 fully saturated rings. The topological polar surface area (TPSA) is 90.4 Å². The minimum absolute atomic E-state index is 0.000270. The number of aliphatic hydroxyl groups is 1. The lowest BCUT2D eigenvalue weighted by molar-refractivity contribution is -0.150. The minimum atomic E-state index is -1.77. The highest BCUT2D eigenvalue weighted by molar-refractivity contribution is 6.09. The first-order chi connectivity index (χ1) is 19.5. The van der Waals surface area contributed by atoms with Gasteiger partial charge >= 0.3 is 0 Å². The van der Waals surface area contributed by atoms with Gasteiger partial charge in [-0.2, -0.15) is 0 Å². The number of carbonyl (C=O) groups excluding carboxylic acids is 3. The summed E-state index contributed by atoms with van der Waals surface area (Å²) >= 11 is 0. The lowest BCUT2D eigenvalue weighted by atomic mass is 9.71. The standard InChI is InChI=1S/C32H38FN3O5/c1-5-14-36-25-12-11-23(35-15-13-27(35)38)18-24(25)32(30(36)40)21(2)29(31(3,4)33)26(41-32)19-28(39)34(16-17-37)20-22-9-7-6-8-10-22/h5-12,18,21,26,29,37H,1,13-17,19-20H2,2-4H3/t21-,26+,29-,32+/m0/s1. The first-order valence-corrected chi connectivity index (χ1v) is 14.2. The SMILES string of the molecule is C=CCN1C(=O)[C@]2(O[C@H](CC(=O)N(CCO)Cc3ccccc3)[C@@H](C(C)(C)F)[C@@H]2C)c2cc(N3CCC3=O)ccc21. The molecule has 3 heterocycles. The zero-order valence-electron chi connectivity index (χ0n) is 23.9. The molecule has 3 aliphatic rings. The molecule has 0 bridgehead atoms. The Kier molecular flexibility index (Phi) is 7.78. The number of rotatable bonds is 10. The van der Waals surface area contributed by atoms with E-state index in [0.717, 1.165) is 5.56 Å². The lowest BCUT2D eigenvalue weighted by Gasteiger charge is -2.33. The maximum atomic E-state index is 16.0. The van der Waals surface area contributed by atoms with Gasteiger partial charge in [0.25, 0.3) is 5.91 Å². The van der Waals surface area contributed by atoms with Gasteiger partial charge in [-0.3, -0.25) is 14.4 Å². The van der Waals surface area contributed by atoms with E-state index >= 15 is 4.39 Å². The largest absolute Gasteiger partial charge is 0.395 e. The van der Waals surface area contributed by atoms with E-state index in [2.05, 4.69) is 6.58 Å². The summed E-state index contributed by atoms with van der Waals surface area (Å²) in [6, 6.07) is 14.9. The Morgan fingerprint density at radius 1 is 1.24 bits per heavy atom. The van der Waals surface area contributed by atoms with Crippen molar-refractivity contribution in [1.82, 2.24) is 4.90 Å². The predicted molar refractivity (Wildman–Crippen MR) is 154 cm³/mol. The van der Waals surface area contributed by atoms with Crippen LogP contribution in [0, 0.1) is 11.8 Å². The molecule has 2 aromatic rings. The fourth-order valence-electron chi connectivity index (χ4n) is 6.82. The second-order valence-corrected chi connectivity index (χ2v) is 11.7. The number of fused-ring (bicyclic) bond motifs is 2. The number of hydrogen-bond acceptors (Lipinski definition) is 5. The number of anilines is 2. The van der Waals surface area contributed by atoms with Gasteiger partial charge in [0.1, 0.15) is 5.67 Å². The van der Waals surface area contributed by atoms with Crippen LogP contribution >= 0.6 is 0 Å². The summed E-state index contributed by atoms with van der Waals surface area (Å²) < 4.78 is 22.7. The molecule has 3 amide bonds. The van der Waals surface area contributed by atoms with Crippen molar-refractivity contribution in [3.05, 3.63) is 72.3 Å². The Balaban J connectivity index is 1.52. The number of amides is 3. The second kappa shape index (κ2) is 11.0. The van der Waals surface area contributed by atoms with Crippen LogP contribution in [0.4, 0.5) is 15.8 Å². The fraction of sp³-hybridized carbons (Fsp3) is 0.469. The van der Waals surface area contributed by atoms with E-state index in [0.29, 0.717) is 36.4 Å². The maximum absolute atomic E-state index is 16.0. The summed E-state index contributed by atoms with van der Waals surface area (Å²) in [5.41, 5.74) is -0.519. The number of aliphatic hydroxyl groups excluding tert-OH is 1. The van der Waals surface area contributed by atoms with E-state index in [1.54, 1.807) is 26.8 Å². The third-order valence-electron chi connectivity index (χ3n) is 8.73. The van der Waals surface area contributed by atoms with Crippen LogP contribution < -0.4 is 9.80 Å². The highest BCUT2D eigenvalue weighted by Gasteiger charge is 2.66.